The molecule has 0 saturated carbocycles. The molecular weight excluding hydrogens is 322 g/mol. The van der Waals surface area contributed by atoms with E-state index in [4.69, 9.17) is 9.15 Å². The van der Waals surface area contributed by atoms with Gasteiger partial charge in [0.15, 0.2) is 5.58 Å². The Morgan fingerprint density at radius 3 is 2.46 bits per heavy atom. The molecule has 0 spiro atoms. The number of benzene rings is 2. The first-order valence-corrected chi connectivity index (χ1v) is 9.72. The van der Waals surface area contributed by atoms with Crippen LogP contribution in [0.25, 0.3) is 22.6 Å². The monoisotopic (exact) mass is 351 g/mol. The van der Waals surface area contributed by atoms with Gasteiger partial charge in [-0.1, -0.05) is 45.2 Å². The molecule has 138 valence electrons. The molecule has 0 amide bonds. The normalized spacial score (nSPS) is 12.5. The highest BCUT2D eigenvalue weighted by molar-refractivity contribution is 5.77. The Morgan fingerprint density at radius 1 is 1.08 bits per heavy atom. The SMILES string of the molecule is CCCCC(CC)COc1cc(C)c(-c2nc3ccccc3o2)c(C)c1. The van der Waals surface area contributed by atoms with Crippen molar-refractivity contribution in [2.24, 2.45) is 5.92 Å². The van der Waals surface area contributed by atoms with Crippen LogP contribution in [-0.2, 0) is 0 Å². The highest BCUT2D eigenvalue weighted by Crippen LogP contribution is 2.32. The highest BCUT2D eigenvalue weighted by atomic mass is 16.5. The first-order chi connectivity index (χ1) is 12.6. The van der Waals surface area contributed by atoms with E-state index in [9.17, 15) is 0 Å². The van der Waals surface area contributed by atoms with Crippen molar-refractivity contribution in [1.29, 1.82) is 0 Å². The van der Waals surface area contributed by atoms with E-state index in [1.54, 1.807) is 0 Å². The Morgan fingerprint density at radius 2 is 1.81 bits per heavy atom. The number of oxazole rings is 1. The van der Waals surface area contributed by atoms with Crippen LogP contribution in [0.2, 0.25) is 0 Å². The Bertz CT molecular complexity index is 810. The molecule has 0 N–H and O–H groups in total. The maximum absolute atomic E-state index is 6.12. The van der Waals surface area contributed by atoms with E-state index >= 15 is 0 Å². The second kappa shape index (κ2) is 8.39. The molecule has 1 atom stereocenters. The van der Waals surface area contributed by atoms with Crippen LogP contribution in [0.15, 0.2) is 40.8 Å². The summed E-state index contributed by atoms with van der Waals surface area (Å²) in [6, 6.07) is 12.1. The third-order valence-electron chi connectivity index (χ3n) is 5.04. The Hall–Kier alpha value is -2.29. The molecule has 26 heavy (non-hydrogen) atoms. The van der Waals surface area contributed by atoms with Gasteiger partial charge in [-0.25, -0.2) is 4.98 Å². The van der Waals surface area contributed by atoms with Gasteiger partial charge in [-0.2, -0.15) is 0 Å². The van der Waals surface area contributed by atoms with Crippen LogP contribution < -0.4 is 4.74 Å². The lowest BCUT2D eigenvalue weighted by molar-refractivity contribution is 0.233. The number of hydrogen-bond acceptors (Lipinski definition) is 3. The first-order valence-electron chi connectivity index (χ1n) is 9.72. The summed E-state index contributed by atoms with van der Waals surface area (Å²) in [5, 5.41) is 0. The van der Waals surface area contributed by atoms with Crippen molar-refractivity contribution >= 4 is 11.1 Å². The van der Waals surface area contributed by atoms with E-state index in [2.05, 4.69) is 44.8 Å². The number of rotatable bonds is 8. The van der Waals surface area contributed by atoms with Crippen LogP contribution in [0, 0.1) is 19.8 Å². The summed E-state index contributed by atoms with van der Waals surface area (Å²) in [5.41, 5.74) is 5.04. The molecule has 0 aliphatic heterocycles. The molecule has 1 aromatic heterocycles. The quantitative estimate of drug-likeness (QED) is 0.452. The fourth-order valence-corrected chi connectivity index (χ4v) is 3.44. The molecule has 3 aromatic rings. The molecule has 0 saturated heterocycles. The maximum atomic E-state index is 6.12. The number of aromatic nitrogens is 1. The van der Waals surface area contributed by atoms with E-state index in [0.29, 0.717) is 11.8 Å². The lowest BCUT2D eigenvalue weighted by Gasteiger charge is -2.17. The smallest absolute Gasteiger partial charge is 0.227 e. The molecule has 3 heteroatoms. The molecule has 2 aromatic carbocycles. The average molecular weight is 351 g/mol. The zero-order chi connectivity index (χ0) is 18.5. The minimum Gasteiger partial charge on any atom is -0.493 e. The van der Waals surface area contributed by atoms with E-state index in [-0.39, 0.29) is 0 Å². The third kappa shape index (κ3) is 4.09. The topological polar surface area (TPSA) is 35.3 Å². The molecule has 3 nitrogen and oxygen atoms in total. The van der Waals surface area contributed by atoms with Crippen molar-refractivity contribution in [3.05, 3.63) is 47.5 Å². The van der Waals surface area contributed by atoms with E-state index in [1.807, 2.05) is 24.3 Å². The van der Waals surface area contributed by atoms with Crippen molar-refractivity contribution in [1.82, 2.24) is 4.98 Å². The number of nitrogens with zero attached hydrogens (tertiary/aromatic N) is 1. The first kappa shape index (κ1) is 18.5. The van der Waals surface area contributed by atoms with Crippen molar-refractivity contribution in [2.45, 2.75) is 53.4 Å². The molecule has 0 fully saturated rings. The minimum absolute atomic E-state index is 0.632. The van der Waals surface area contributed by atoms with E-state index in [0.717, 1.165) is 40.1 Å². The summed E-state index contributed by atoms with van der Waals surface area (Å²) in [5.74, 6) is 2.25. The zero-order valence-corrected chi connectivity index (χ0v) is 16.3. The summed E-state index contributed by atoms with van der Waals surface area (Å²) >= 11 is 0. The fourth-order valence-electron chi connectivity index (χ4n) is 3.44. The fraction of sp³-hybridized carbons (Fsp3) is 0.435. The molecule has 0 aliphatic rings. The number of hydrogen-bond donors (Lipinski definition) is 0. The summed E-state index contributed by atoms with van der Waals surface area (Å²) in [6.07, 6.45) is 4.93. The van der Waals surface area contributed by atoms with Crippen molar-refractivity contribution < 1.29 is 9.15 Å². The number of para-hydroxylation sites is 2. The second-order valence-corrected chi connectivity index (χ2v) is 7.15. The van der Waals surface area contributed by atoms with Gasteiger partial charge in [-0.05, 0) is 61.6 Å². The van der Waals surface area contributed by atoms with Crippen molar-refractivity contribution in [3.63, 3.8) is 0 Å². The van der Waals surface area contributed by atoms with Gasteiger partial charge in [0.05, 0.1) is 6.61 Å². The lowest BCUT2D eigenvalue weighted by atomic mass is 10.00. The van der Waals surface area contributed by atoms with Gasteiger partial charge in [-0.15, -0.1) is 0 Å². The van der Waals surface area contributed by atoms with Gasteiger partial charge in [0.1, 0.15) is 11.3 Å². The van der Waals surface area contributed by atoms with Crippen LogP contribution in [0.5, 0.6) is 5.75 Å². The van der Waals surface area contributed by atoms with Gasteiger partial charge < -0.3 is 9.15 Å². The molecule has 1 unspecified atom stereocenters. The number of fused-ring (bicyclic) bond motifs is 1. The van der Waals surface area contributed by atoms with Gasteiger partial charge in [0.2, 0.25) is 5.89 Å². The average Bonchev–Trinajstić information content (AvgIpc) is 3.04. The van der Waals surface area contributed by atoms with Crippen LogP contribution >= 0.6 is 0 Å². The summed E-state index contributed by atoms with van der Waals surface area (Å²) in [6.45, 7) is 9.47. The Kier molecular flexibility index (Phi) is 5.97. The summed E-state index contributed by atoms with van der Waals surface area (Å²) in [4.78, 5) is 4.65. The number of aryl methyl sites for hydroxylation is 2. The van der Waals surface area contributed by atoms with Crippen LogP contribution in [0.4, 0.5) is 0 Å². The number of ether oxygens (including phenoxy) is 1. The zero-order valence-electron chi connectivity index (χ0n) is 16.3. The maximum Gasteiger partial charge on any atom is 0.227 e. The predicted octanol–water partition coefficient (Wildman–Crippen LogP) is 6.71. The van der Waals surface area contributed by atoms with Gasteiger partial charge in [0.25, 0.3) is 0 Å². The molecule has 3 rings (SSSR count). The summed E-state index contributed by atoms with van der Waals surface area (Å²) in [7, 11) is 0. The lowest BCUT2D eigenvalue weighted by Crippen LogP contribution is -2.11. The molecule has 0 radical (unpaired) electrons. The van der Waals surface area contributed by atoms with Crippen LogP contribution in [0.3, 0.4) is 0 Å². The van der Waals surface area contributed by atoms with Crippen molar-refractivity contribution in [2.75, 3.05) is 6.61 Å². The molecule has 0 bridgehead atoms. The van der Waals surface area contributed by atoms with Crippen molar-refractivity contribution in [3.8, 4) is 17.2 Å². The second-order valence-electron chi connectivity index (χ2n) is 7.15. The van der Waals surface area contributed by atoms with E-state index in [1.165, 1.54) is 25.7 Å². The standard InChI is InChI=1S/C23H29NO2/c1-5-7-10-18(6-2)15-25-19-13-16(3)22(17(4)14-19)23-24-20-11-8-9-12-21(20)26-23/h8-9,11-14,18H,5-7,10,15H2,1-4H3. The third-order valence-corrected chi connectivity index (χ3v) is 5.04. The highest BCUT2D eigenvalue weighted by Gasteiger charge is 2.15. The summed E-state index contributed by atoms with van der Waals surface area (Å²) < 4.78 is 12.1. The van der Waals surface area contributed by atoms with Gasteiger partial charge >= 0.3 is 0 Å². The van der Waals surface area contributed by atoms with Crippen LogP contribution in [-0.4, -0.2) is 11.6 Å². The number of unbranched alkanes of at least 4 members (excludes halogenated alkanes) is 1. The molecule has 0 aliphatic carbocycles. The molecule has 1 heterocycles. The minimum atomic E-state index is 0.632. The predicted molar refractivity (Wildman–Crippen MR) is 108 cm³/mol. The van der Waals surface area contributed by atoms with Gasteiger partial charge in [0, 0.05) is 5.56 Å². The van der Waals surface area contributed by atoms with E-state index < -0.39 is 0 Å². The Labute approximate surface area is 156 Å². The largest absolute Gasteiger partial charge is 0.493 e. The Balaban J connectivity index is 1.80. The van der Waals surface area contributed by atoms with Crippen LogP contribution in [0.1, 0.15) is 50.7 Å². The van der Waals surface area contributed by atoms with Gasteiger partial charge in [-0.3, -0.25) is 0 Å². The molecular formula is C23H29NO2.